The van der Waals surface area contributed by atoms with Crippen LogP contribution < -0.4 is 9.62 Å². The maximum Gasteiger partial charge on any atom is 0.250 e. The predicted octanol–water partition coefficient (Wildman–Crippen LogP) is 3.51. The monoisotopic (exact) mass is 394 g/mol. The molecule has 142 valence electrons. The van der Waals surface area contributed by atoms with Gasteiger partial charge in [-0.25, -0.2) is 13.1 Å². The quantitative estimate of drug-likeness (QED) is 0.745. The van der Waals surface area contributed by atoms with Crippen molar-refractivity contribution in [2.45, 2.75) is 44.7 Å². The van der Waals surface area contributed by atoms with Gasteiger partial charge in [-0.1, -0.05) is 32.0 Å². The van der Waals surface area contributed by atoms with E-state index in [1.54, 1.807) is 17.0 Å². The highest BCUT2D eigenvalue weighted by atomic mass is 32.2. The van der Waals surface area contributed by atoms with Gasteiger partial charge in [0.25, 0.3) is 0 Å². The van der Waals surface area contributed by atoms with Crippen LogP contribution >= 0.6 is 11.3 Å². The van der Waals surface area contributed by atoms with Crippen molar-refractivity contribution in [2.24, 2.45) is 0 Å². The number of nitrogens with zero attached hydrogens (tertiary/aromatic N) is 1. The first-order chi connectivity index (χ1) is 12.3. The Balaban J connectivity index is 2.19. The van der Waals surface area contributed by atoms with Crippen LogP contribution in [0.15, 0.2) is 34.5 Å². The summed E-state index contributed by atoms with van der Waals surface area (Å²) in [6, 6.07) is 9.42. The number of sulfonamides is 1. The molecule has 0 spiro atoms. The van der Waals surface area contributed by atoms with Gasteiger partial charge in [0.05, 0.1) is 5.69 Å². The van der Waals surface area contributed by atoms with Crippen molar-refractivity contribution in [3.8, 4) is 0 Å². The Morgan fingerprint density at radius 3 is 2.19 bits per heavy atom. The Morgan fingerprint density at radius 1 is 1.12 bits per heavy atom. The van der Waals surface area contributed by atoms with Crippen molar-refractivity contribution in [3.05, 3.63) is 46.3 Å². The Labute approximate surface area is 160 Å². The SMILES string of the molecule is CCc1cccc(CC)c1N(CCNS(=O)(=O)c1ccc(C)s1)C(C)=O. The van der Waals surface area contributed by atoms with Crippen LogP contribution in [0.3, 0.4) is 0 Å². The van der Waals surface area contributed by atoms with Gasteiger partial charge in [-0.3, -0.25) is 4.79 Å². The molecular weight excluding hydrogens is 368 g/mol. The molecule has 0 aliphatic carbocycles. The van der Waals surface area contributed by atoms with Gasteiger partial charge in [-0.15, -0.1) is 11.3 Å². The summed E-state index contributed by atoms with van der Waals surface area (Å²) in [6.45, 7) is 7.96. The second-order valence-electron chi connectivity index (χ2n) is 6.07. The van der Waals surface area contributed by atoms with Gasteiger partial charge in [-0.2, -0.15) is 0 Å². The highest BCUT2D eigenvalue weighted by Gasteiger charge is 2.20. The number of para-hydroxylation sites is 1. The molecule has 26 heavy (non-hydrogen) atoms. The first-order valence-corrected chi connectivity index (χ1v) is 11.0. The van der Waals surface area contributed by atoms with E-state index in [-0.39, 0.29) is 12.5 Å². The minimum atomic E-state index is -3.54. The zero-order valence-corrected chi connectivity index (χ0v) is 17.3. The average molecular weight is 395 g/mol. The molecule has 2 aromatic rings. The molecule has 1 heterocycles. The second kappa shape index (κ2) is 8.79. The summed E-state index contributed by atoms with van der Waals surface area (Å²) in [5, 5.41) is 0. The van der Waals surface area contributed by atoms with Crippen LogP contribution in [0.1, 0.15) is 36.8 Å². The summed E-state index contributed by atoms with van der Waals surface area (Å²) in [7, 11) is -3.54. The molecule has 1 aromatic heterocycles. The van der Waals surface area contributed by atoms with E-state index < -0.39 is 10.0 Å². The van der Waals surface area contributed by atoms with E-state index in [2.05, 4.69) is 18.6 Å². The number of nitrogens with one attached hydrogen (secondary N) is 1. The number of hydrogen-bond acceptors (Lipinski definition) is 4. The first-order valence-electron chi connectivity index (χ1n) is 8.75. The highest BCUT2D eigenvalue weighted by Crippen LogP contribution is 2.27. The fourth-order valence-corrected chi connectivity index (χ4v) is 5.26. The fourth-order valence-electron chi connectivity index (χ4n) is 2.91. The Bertz CT molecular complexity index is 850. The van der Waals surface area contributed by atoms with Crippen LogP contribution in [0.5, 0.6) is 0 Å². The highest BCUT2D eigenvalue weighted by molar-refractivity contribution is 7.91. The number of rotatable bonds is 8. The van der Waals surface area contributed by atoms with Crippen LogP contribution in [0.25, 0.3) is 0 Å². The molecule has 0 bridgehead atoms. The molecule has 0 aliphatic rings. The molecule has 1 N–H and O–H groups in total. The number of hydrogen-bond donors (Lipinski definition) is 1. The van der Waals surface area contributed by atoms with E-state index in [9.17, 15) is 13.2 Å². The third-order valence-corrected chi connectivity index (χ3v) is 7.18. The number of anilines is 1. The van der Waals surface area contributed by atoms with Gasteiger partial charge < -0.3 is 4.90 Å². The molecular formula is C19H26N2O3S2. The second-order valence-corrected chi connectivity index (χ2v) is 9.35. The van der Waals surface area contributed by atoms with E-state index in [4.69, 9.17) is 0 Å². The summed E-state index contributed by atoms with van der Waals surface area (Å²) in [4.78, 5) is 14.9. The molecule has 0 saturated heterocycles. The third kappa shape index (κ3) is 4.72. The topological polar surface area (TPSA) is 66.5 Å². The summed E-state index contributed by atoms with van der Waals surface area (Å²) < 4.78 is 27.7. The molecule has 2 rings (SSSR count). The van der Waals surface area contributed by atoms with Crippen molar-refractivity contribution >= 4 is 33.0 Å². The molecule has 0 aliphatic heterocycles. The standard InChI is InChI=1S/C19H26N2O3S2/c1-5-16-8-7-9-17(6-2)19(16)21(15(4)22)13-12-20-26(23,24)18-11-10-14(3)25-18/h7-11,20H,5-6,12-13H2,1-4H3. The number of benzene rings is 1. The average Bonchev–Trinajstić information content (AvgIpc) is 3.05. The van der Waals surface area contributed by atoms with Crippen LogP contribution in [-0.4, -0.2) is 27.4 Å². The lowest BCUT2D eigenvalue weighted by Crippen LogP contribution is -2.38. The van der Waals surface area contributed by atoms with Gasteiger partial charge in [0.2, 0.25) is 15.9 Å². The number of carbonyl (C=O) groups is 1. The summed E-state index contributed by atoms with van der Waals surface area (Å²) >= 11 is 1.24. The Morgan fingerprint density at radius 2 is 1.73 bits per heavy atom. The van der Waals surface area contributed by atoms with Crippen molar-refractivity contribution in [2.75, 3.05) is 18.0 Å². The van der Waals surface area contributed by atoms with Gasteiger partial charge >= 0.3 is 0 Å². The number of aryl methyl sites for hydroxylation is 3. The van der Waals surface area contributed by atoms with Crippen molar-refractivity contribution in [1.82, 2.24) is 4.72 Å². The number of carbonyl (C=O) groups excluding carboxylic acids is 1. The third-order valence-electron chi connectivity index (χ3n) is 4.22. The molecule has 0 atom stereocenters. The van der Waals surface area contributed by atoms with Crippen LogP contribution in [0, 0.1) is 6.92 Å². The molecule has 1 amide bonds. The lowest BCUT2D eigenvalue weighted by atomic mass is 10.0. The maximum atomic E-state index is 12.4. The smallest absolute Gasteiger partial charge is 0.250 e. The zero-order valence-electron chi connectivity index (χ0n) is 15.7. The van der Waals surface area contributed by atoms with E-state index >= 15 is 0 Å². The van der Waals surface area contributed by atoms with Crippen LogP contribution in [0.4, 0.5) is 5.69 Å². The molecule has 7 heteroatoms. The summed E-state index contributed by atoms with van der Waals surface area (Å²) in [5.74, 6) is -0.0910. The molecule has 0 unspecified atom stereocenters. The molecule has 0 fully saturated rings. The zero-order chi connectivity index (χ0) is 19.3. The number of thiophene rings is 1. The fraction of sp³-hybridized carbons (Fsp3) is 0.421. The lowest BCUT2D eigenvalue weighted by molar-refractivity contribution is -0.116. The van der Waals surface area contributed by atoms with E-state index in [1.807, 2.05) is 25.1 Å². The van der Waals surface area contributed by atoms with Gasteiger partial charge in [0.15, 0.2) is 0 Å². The summed E-state index contributed by atoms with van der Waals surface area (Å²) in [6.07, 6.45) is 1.63. The molecule has 0 radical (unpaired) electrons. The van der Waals surface area contributed by atoms with Gasteiger partial charge in [0, 0.05) is 24.9 Å². The first kappa shape index (κ1) is 20.6. The van der Waals surface area contributed by atoms with Crippen molar-refractivity contribution in [3.63, 3.8) is 0 Å². The van der Waals surface area contributed by atoms with Gasteiger partial charge in [-0.05, 0) is 43.0 Å². The normalized spacial score (nSPS) is 11.5. The van der Waals surface area contributed by atoms with Crippen LogP contribution in [0.2, 0.25) is 0 Å². The van der Waals surface area contributed by atoms with Crippen molar-refractivity contribution in [1.29, 1.82) is 0 Å². The van der Waals surface area contributed by atoms with Gasteiger partial charge in [0.1, 0.15) is 4.21 Å². The molecule has 0 saturated carbocycles. The Hall–Kier alpha value is -1.70. The largest absolute Gasteiger partial charge is 0.311 e. The predicted molar refractivity (Wildman–Crippen MR) is 107 cm³/mol. The number of amides is 1. The minimum absolute atomic E-state index is 0.0910. The lowest BCUT2D eigenvalue weighted by Gasteiger charge is -2.26. The van der Waals surface area contributed by atoms with E-state index in [0.29, 0.717) is 10.8 Å². The van der Waals surface area contributed by atoms with E-state index in [1.165, 1.54) is 18.3 Å². The van der Waals surface area contributed by atoms with Crippen molar-refractivity contribution < 1.29 is 13.2 Å². The Kier molecular flexibility index (Phi) is 6.97. The van der Waals surface area contributed by atoms with E-state index in [0.717, 1.165) is 34.5 Å². The minimum Gasteiger partial charge on any atom is -0.311 e. The summed E-state index contributed by atoms with van der Waals surface area (Å²) in [5.41, 5.74) is 3.10. The molecule has 5 nitrogen and oxygen atoms in total. The maximum absolute atomic E-state index is 12.4. The van der Waals surface area contributed by atoms with Crippen LogP contribution in [-0.2, 0) is 27.7 Å². The molecule has 1 aromatic carbocycles.